The zero-order valence-electron chi connectivity index (χ0n) is 14.8. The number of sulfonamides is 1. The first-order chi connectivity index (χ1) is 13.4. The van der Waals surface area contributed by atoms with Gasteiger partial charge in [0.2, 0.25) is 5.09 Å². The zero-order chi connectivity index (χ0) is 19.7. The fourth-order valence-electron chi connectivity index (χ4n) is 3.06. The molecule has 0 amide bonds. The average Bonchev–Trinajstić information content (AvgIpc) is 3.44. The summed E-state index contributed by atoms with van der Waals surface area (Å²) in [7, 11) is -3.60. The number of furan rings is 1. The van der Waals surface area contributed by atoms with Gasteiger partial charge in [-0.15, -0.1) is 0 Å². The number of rotatable bonds is 6. The van der Waals surface area contributed by atoms with Crippen LogP contribution in [0.15, 0.2) is 52.2 Å². The van der Waals surface area contributed by atoms with Gasteiger partial charge in [0.15, 0.2) is 5.82 Å². The lowest BCUT2D eigenvalue weighted by molar-refractivity contribution is -0.384. The van der Waals surface area contributed by atoms with Crippen LogP contribution in [-0.2, 0) is 16.6 Å². The second-order valence-electron chi connectivity index (χ2n) is 6.41. The van der Waals surface area contributed by atoms with Gasteiger partial charge in [0.05, 0.1) is 4.92 Å². The minimum absolute atomic E-state index is 0.0448. The molecule has 2 aromatic heterocycles. The topological polar surface area (TPSA) is 124 Å². The molecule has 1 fully saturated rings. The van der Waals surface area contributed by atoms with Crippen molar-refractivity contribution >= 4 is 15.7 Å². The molecule has 11 heteroatoms. The molecule has 0 aliphatic carbocycles. The van der Waals surface area contributed by atoms with Gasteiger partial charge >= 0.3 is 0 Å². The lowest BCUT2D eigenvalue weighted by Gasteiger charge is -2.12. The maximum atomic E-state index is 12.5. The molecule has 0 unspecified atom stereocenters. The first-order valence-electron chi connectivity index (χ1n) is 8.66. The van der Waals surface area contributed by atoms with Crippen molar-refractivity contribution in [2.45, 2.75) is 24.5 Å². The van der Waals surface area contributed by atoms with Crippen LogP contribution in [0.2, 0.25) is 0 Å². The molecule has 0 spiro atoms. The highest BCUT2D eigenvalue weighted by molar-refractivity contribution is 7.89. The van der Waals surface area contributed by atoms with Gasteiger partial charge in [-0.2, -0.15) is 9.40 Å². The Hall–Kier alpha value is -3.05. The van der Waals surface area contributed by atoms with Gasteiger partial charge in [-0.05, 0) is 25.0 Å². The van der Waals surface area contributed by atoms with Gasteiger partial charge in [-0.25, -0.2) is 18.1 Å². The van der Waals surface area contributed by atoms with E-state index >= 15 is 0 Å². The molecule has 0 N–H and O–H groups in total. The molecule has 0 radical (unpaired) electrons. The summed E-state index contributed by atoms with van der Waals surface area (Å²) < 4.78 is 33.5. The van der Waals surface area contributed by atoms with E-state index in [1.54, 1.807) is 18.2 Å². The normalized spacial score (nSPS) is 15.1. The number of benzene rings is 1. The van der Waals surface area contributed by atoms with Crippen molar-refractivity contribution in [3.63, 3.8) is 0 Å². The van der Waals surface area contributed by atoms with Crippen molar-refractivity contribution in [1.82, 2.24) is 19.1 Å². The summed E-state index contributed by atoms with van der Waals surface area (Å²) in [5.41, 5.74) is 0.473. The smallest absolute Gasteiger partial charge is 0.276 e. The fraction of sp³-hybridized carbons (Fsp3) is 0.294. The molecule has 0 saturated carbocycles. The van der Waals surface area contributed by atoms with E-state index in [0.29, 0.717) is 30.2 Å². The van der Waals surface area contributed by atoms with Gasteiger partial charge in [0.25, 0.3) is 15.7 Å². The molecule has 0 atom stereocenters. The summed E-state index contributed by atoms with van der Waals surface area (Å²) in [6, 6.07) is 9.08. The molecule has 4 rings (SSSR count). The minimum atomic E-state index is -3.60. The Kier molecular flexibility index (Phi) is 4.69. The highest BCUT2D eigenvalue weighted by atomic mass is 32.2. The number of hydrogen-bond donors (Lipinski definition) is 0. The van der Waals surface area contributed by atoms with E-state index < -0.39 is 14.9 Å². The van der Waals surface area contributed by atoms with E-state index in [9.17, 15) is 18.5 Å². The van der Waals surface area contributed by atoms with E-state index in [0.717, 1.165) is 12.8 Å². The van der Waals surface area contributed by atoms with Crippen LogP contribution >= 0.6 is 0 Å². The SMILES string of the molecule is O=[N+]([O-])c1cccc(-c2ncn(Cc3ccc(S(=O)(=O)N4CCCC4)o3)n2)c1. The first kappa shape index (κ1) is 18.3. The van der Waals surface area contributed by atoms with Gasteiger partial charge in [0, 0.05) is 30.8 Å². The van der Waals surface area contributed by atoms with Crippen LogP contribution in [0.5, 0.6) is 0 Å². The largest absolute Gasteiger partial charge is 0.446 e. The molecular weight excluding hydrogens is 386 g/mol. The third kappa shape index (κ3) is 3.53. The molecule has 0 bridgehead atoms. The molecule has 146 valence electrons. The maximum Gasteiger partial charge on any atom is 0.276 e. The van der Waals surface area contributed by atoms with Gasteiger partial charge in [-0.1, -0.05) is 12.1 Å². The average molecular weight is 403 g/mol. The molecule has 1 aliphatic rings. The van der Waals surface area contributed by atoms with Crippen LogP contribution in [0.3, 0.4) is 0 Å². The summed E-state index contributed by atoms with van der Waals surface area (Å²) in [5.74, 6) is 0.758. The molecule has 10 nitrogen and oxygen atoms in total. The summed E-state index contributed by atoms with van der Waals surface area (Å²) in [6.07, 6.45) is 3.17. The molecule has 1 aliphatic heterocycles. The molecule has 3 heterocycles. The number of nitrogens with zero attached hydrogens (tertiary/aromatic N) is 5. The van der Waals surface area contributed by atoms with E-state index in [1.165, 1.54) is 33.5 Å². The first-order valence-corrected chi connectivity index (χ1v) is 10.1. The second kappa shape index (κ2) is 7.17. The number of hydrogen-bond acceptors (Lipinski definition) is 7. The summed E-state index contributed by atoms with van der Waals surface area (Å²) in [4.78, 5) is 14.6. The van der Waals surface area contributed by atoms with Crippen LogP contribution in [0.25, 0.3) is 11.4 Å². The summed E-state index contributed by atoms with van der Waals surface area (Å²) in [6.45, 7) is 1.21. The molecule has 3 aromatic rings. The Morgan fingerprint density at radius 3 is 2.71 bits per heavy atom. The number of non-ortho nitro benzene ring substituents is 1. The van der Waals surface area contributed by atoms with E-state index in [1.807, 2.05) is 0 Å². The quantitative estimate of drug-likeness (QED) is 0.457. The van der Waals surface area contributed by atoms with Crippen LogP contribution in [0, 0.1) is 10.1 Å². The predicted octanol–water partition coefficient (Wildman–Crippen LogP) is 2.28. The zero-order valence-corrected chi connectivity index (χ0v) is 15.6. The van der Waals surface area contributed by atoms with E-state index in [2.05, 4.69) is 10.1 Å². The standard InChI is InChI=1S/C17H17N5O5S/c23-22(24)14-5-3-4-13(10-14)17-18-12-20(19-17)11-15-6-7-16(27-15)28(25,26)21-8-1-2-9-21/h3-7,10,12H,1-2,8-9,11H2. The number of aromatic nitrogens is 3. The van der Waals surface area contributed by atoms with Crippen LogP contribution in [-0.4, -0.2) is 45.5 Å². The monoisotopic (exact) mass is 403 g/mol. The van der Waals surface area contributed by atoms with Crippen molar-refractivity contribution in [2.24, 2.45) is 0 Å². The van der Waals surface area contributed by atoms with Crippen molar-refractivity contribution in [1.29, 1.82) is 0 Å². The van der Waals surface area contributed by atoms with Gasteiger partial charge in [-0.3, -0.25) is 10.1 Å². The Balaban J connectivity index is 1.51. The highest BCUT2D eigenvalue weighted by Gasteiger charge is 2.30. The fourth-order valence-corrected chi connectivity index (χ4v) is 4.50. The molecule has 28 heavy (non-hydrogen) atoms. The highest BCUT2D eigenvalue weighted by Crippen LogP contribution is 2.24. The van der Waals surface area contributed by atoms with Crippen LogP contribution in [0.1, 0.15) is 18.6 Å². The third-order valence-electron chi connectivity index (χ3n) is 4.47. The Labute approximate surface area is 160 Å². The van der Waals surface area contributed by atoms with Gasteiger partial charge < -0.3 is 4.42 Å². The Bertz CT molecular complexity index is 1110. The van der Waals surface area contributed by atoms with Crippen molar-refractivity contribution in [3.8, 4) is 11.4 Å². The third-order valence-corrected chi connectivity index (χ3v) is 6.24. The van der Waals surface area contributed by atoms with Crippen molar-refractivity contribution < 1.29 is 17.8 Å². The predicted molar refractivity (Wildman–Crippen MR) is 97.9 cm³/mol. The molecule has 1 saturated heterocycles. The lowest BCUT2D eigenvalue weighted by atomic mass is 10.2. The minimum Gasteiger partial charge on any atom is -0.446 e. The lowest BCUT2D eigenvalue weighted by Crippen LogP contribution is -2.27. The van der Waals surface area contributed by atoms with Gasteiger partial charge in [0.1, 0.15) is 18.6 Å². The summed E-state index contributed by atoms with van der Waals surface area (Å²) in [5, 5.41) is 15.1. The molecule has 1 aromatic carbocycles. The second-order valence-corrected chi connectivity index (χ2v) is 8.27. The van der Waals surface area contributed by atoms with Crippen LogP contribution in [0.4, 0.5) is 5.69 Å². The number of nitro groups is 1. The summed E-state index contributed by atoms with van der Waals surface area (Å²) >= 11 is 0. The maximum absolute atomic E-state index is 12.5. The van der Waals surface area contributed by atoms with Crippen molar-refractivity contribution in [3.05, 3.63) is 58.6 Å². The van der Waals surface area contributed by atoms with E-state index in [-0.39, 0.29) is 17.3 Å². The van der Waals surface area contributed by atoms with E-state index in [4.69, 9.17) is 4.42 Å². The molecular formula is C17H17N5O5S. The Morgan fingerprint density at radius 1 is 1.18 bits per heavy atom. The van der Waals surface area contributed by atoms with Crippen LogP contribution < -0.4 is 0 Å². The van der Waals surface area contributed by atoms with Crippen molar-refractivity contribution in [2.75, 3.05) is 13.1 Å². The number of nitro benzene ring substituents is 1. The Morgan fingerprint density at radius 2 is 1.96 bits per heavy atom.